The Hall–Kier alpha value is -4.01. The molecule has 41 heavy (non-hydrogen) atoms. The lowest BCUT2D eigenvalue weighted by Gasteiger charge is -2.47. The van der Waals surface area contributed by atoms with Crippen LogP contribution in [0.4, 0.5) is 21.6 Å². The number of fused-ring (bicyclic) bond motifs is 1. The Morgan fingerprint density at radius 2 is 1.66 bits per heavy atom. The van der Waals surface area contributed by atoms with E-state index in [4.69, 9.17) is 14.7 Å². The van der Waals surface area contributed by atoms with Crippen LogP contribution >= 0.6 is 0 Å². The van der Waals surface area contributed by atoms with E-state index >= 15 is 0 Å². The Morgan fingerprint density at radius 1 is 0.927 bits per heavy atom. The lowest BCUT2D eigenvalue weighted by molar-refractivity contribution is 0.0505. The van der Waals surface area contributed by atoms with Gasteiger partial charge in [0.15, 0.2) is 0 Å². The van der Waals surface area contributed by atoms with Crippen LogP contribution < -0.4 is 9.80 Å². The number of piperazine rings is 1. The van der Waals surface area contributed by atoms with Crippen molar-refractivity contribution in [1.29, 1.82) is 0 Å². The molecular weight excluding hydrogens is 521 g/mol. The predicted molar refractivity (Wildman–Crippen MR) is 158 cm³/mol. The van der Waals surface area contributed by atoms with E-state index in [-0.39, 0.29) is 17.1 Å². The Balaban J connectivity index is 1.39. The van der Waals surface area contributed by atoms with Crippen LogP contribution in [0.15, 0.2) is 36.4 Å². The van der Waals surface area contributed by atoms with E-state index in [1.54, 1.807) is 25.1 Å². The number of anilines is 3. The maximum Gasteiger partial charge on any atom is 0.339 e. The summed E-state index contributed by atoms with van der Waals surface area (Å²) in [5.41, 5.74) is 4.61. The summed E-state index contributed by atoms with van der Waals surface area (Å²) in [5.74, 6) is 0.0242. The highest BCUT2D eigenvalue weighted by molar-refractivity contribution is 5.94. The summed E-state index contributed by atoms with van der Waals surface area (Å²) in [5, 5.41) is 0. The summed E-state index contributed by atoms with van der Waals surface area (Å²) >= 11 is 0. The smallest absolute Gasteiger partial charge is 0.339 e. The van der Waals surface area contributed by atoms with Gasteiger partial charge in [0.25, 0.3) is 5.91 Å². The second-order valence-corrected chi connectivity index (χ2v) is 12.4. The Kier molecular flexibility index (Phi) is 7.04. The monoisotopic (exact) mass is 559 g/mol. The van der Waals surface area contributed by atoms with E-state index in [1.807, 2.05) is 50.8 Å². The van der Waals surface area contributed by atoms with Gasteiger partial charge in [-0.2, -0.15) is 0 Å². The molecule has 2 aliphatic rings. The van der Waals surface area contributed by atoms with Crippen LogP contribution in [0.2, 0.25) is 0 Å². The van der Waals surface area contributed by atoms with E-state index in [2.05, 4.69) is 23.6 Å². The third-order valence-corrected chi connectivity index (χ3v) is 8.29. The highest BCUT2D eigenvalue weighted by Crippen LogP contribution is 2.43. The SMILES string of the molecule is COC(=O)c1c(C)cc(N2CCN(C(=O)c3ccc4c(n3)C(C)(C)CN4c3ccc(C)c(F)c3)C(C)(C)C2)nc1C. The lowest BCUT2D eigenvalue weighted by atomic mass is 9.91. The van der Waals surface area contributed by atoms with Crippen molar-refractivity contribution in [2.75, 3.05) is 43.1 Å². The molecule has 4 heterocycles. The summed E-state index contributed by atoms with van der Waals surface area (Å²) in [7, 11) is 1.37. The van der Waals surface area contributed by atoms with Crippen LogP contribution in [-0.2, 0) is 10.2 Å². The van der Waals surface area contributed by atoms with Crippen molar-refractivity contribution in [3.05, 3.63) is 76.0 Å². The highest BCUT2D eigenvalue weighted by atomic mass is 19.1. The van der Waals surface area contributed by atoms with E-state index in [0.717, 1.165) is 28.5 Å². The number of amides is 1. The molecule has 8 nitrogen and oxygen atoms in total. The van der Waals surface area contributed by atoms with Gasteiger partial charge >= 0.3 is 5.97 Å². The molecule has 9 heteroatoms. The molecule has 0 saturated carbocycles. The number of nitrogens with zero attached hydrogens (tertiary/aromatic N) is 5. The second-order valence-electron chi connectivity index (χ2n) is 12.4. The lowest BCUT2D eigenvalue weighted by Crippen LogP contribution is -2.61. The van der Waals surface area contributed by atoms with Crippen molar-refractivity contribution in [1.82, 2.24) is 14.9 Å². The molecule has 1 amide bonds. The Bertz CT molecular complexity index is 1530. The number of aryl methyl sites for hydroxylation is 3. The molecule has 3 aromatic rings. The van der Waals surface area contributed by atoms with Crippen LogP contribution in [0.3, 0.4) is 0 Å². The van der Waals surface area contributed by atoms with E-state index in [0.29, 0.717) is 48.7 Å². The second kappa shape index (κ2) is 10.1. The average molecular weight is 560 g/mol. The van der Waals surface area contributed by atoms with Gasteiger partial charge in [-0.15, -0.1) is 0 Å². The quantitative estimate of drug-likeness (QED) is 0.391. The van der Waals surface area contributed by atoms with Gasteiger partial charge in [-0.25, -0.2) is 19.2 Å². The third kappa shape index (κ3) is 5.02. The first kappa shape index (κ1) is 28.5. The Labute approximate surface area is 241 Å². The first-order valence-electron chi connectivity index (χ1n) is 13.9. The van der Waals surface area contributed by atoms with Gasteiger partial charge in [0.1, 0.15) is 17.3 Å². The van der Waals surface area contributed by atoms with Crippen LogP contribution in [-0.4, -0.2) is 65.6 Å². The summed E-state index contributed by atoms with van der Waals surface area (Å²) in [6, 6.07) is 10.9. The molecule has 0 atom stereocenters. The molecule has 0 radical (unpaired) electrons. The minimum Gasteiger partial charge on any atom is -0.465 e. The fourth-order valence-electron chi connectivity index (χ4n) is 6.07. The van der Waals surface area contributed by atoms with Gasteiger partial charge in [0.2, 0.25) is 0 Å². The number of aromatic nitrogens is 2. The van der Waals surface area contributed by atoms with Crippen molar-refractivity contribution in [2.45, 2.75) is 59.4 Å². The van der Waals surface area contributed by atoms with Crippen molar-refractivity contribution in [3.63, 3.8) is 0 Å². The van der Waals surface area contributed by atoms with Crippen LogP contribution in [0.25, 0.3) is 0 Å². The number of ether oxygens (including phenoxy) is 1. The number of benzene rings is 1. The molecule has 1 fully saturated rings. The first-order chi connectivity index (χ1) is 19.2. The largest absolute Gasteiger partial charge is 0.465 e. The predicted octanol–water partition coefficient (Wildman–Crippen LogP) is 5.50. The molecule has 2 aromatic heterocycles. The molecule has 1 saturated heterocycles. The summed E-state index contributed by atoms with van der Waals surface area (Å²) < 4.78 is 19.3. The maximum absolute atomic E-state index is 14.4. The van der Waals surface area contributed by atoms with Crippen LogP contribution in [0, 0.1) is 26.6 Å². The van der Waals surface area contributed by atoms with Gasteiger partial charge in [-0.1, -0.05) is 19.9 Å². The molecule has 5 rings (SSSR count). The maximum atomic E-state index is 14.4. The van der Waals surface area contributed by atoms with Crippen LogP contribution in [0.1, 0.15) is 71.1 Å². The summed E-state index contributed by atoms with van der Waals surface area (Å²) in [6.07, 6.45) is 0. The van der Waals surface area contributed by atoms with Gasteiger partial charge < -0.3 is 19.4 Å². The number of hydrogen-bond donors (Lipinski definition) is 0. The van der Waals surface area contributed by atoms with Crippen molar-refractivity contribution in [3.8, 4) is 0 Å². The zero-order valence-electron chi connectivity index (χ0n) is 25.1. The normalized spacial score (nSPS) is 17.4. The summed E-state index contributed by atoms with van der Waals surface area (Å²) in [6.45, 7) is 16.1. The molecule has 0 N–H and O–H groups in total. The minimum absolute atomic E-state index is 0.116. The van der Waals surface area contributed by atoms with Gasteiger partial charge in [0.05, 0.1) is 35.3 Å². The van der Waals surface area contributed by atoms with Gasteiger partial charge in [-0.05, 0) is 76.1 Å². The first-order valence-corrected chi connectivity index (χ1v) is 13.9. The van der Waals surface area contributed by atoms with Crippen molar-refractivity contribution < 1.29 is 18.7 Å². The number of methoxy groups -OCH3 is 1. The zero-order chi connectivity index (χ0) is 29.9. The minimum atomic E-state index is -0.498. The van der Waals surface area contributed by atoms with Crippen LogP contribution in [0.5, 0.6) is 0 Å². The number of carbonyl (C=O) groups excluding carboxylic acids is 2. The van der Waals surface area contributed by atoms with Gasteiger partial charge in [0, 0.05) is 37.3 Å². The number of halogens is 1. The molecular formula is C32H38FN5O3. The molecule has 0 spiro atoms. The van der Waals surface area contributed by atoms with E-state index < -0.39 is 11.5 Å². The third-order valence-electron chi connectivity index (χ3n) is 8.29. The van der Waals surface area contributed by atoms with Gasteiger partial charge in [-0.3, -0.25) is 4.79 Å². The van der Waals surface area contributed by atoms with Crippen molar-refractivity contribution in [2.24, 2.45) is 0 Å². The molecule has 0 aliphatic carbocycles. The fraction of sp³-hybridized carbons (Fsp3) is 0.438. The molecule has 2 aliphatic heterocycles. The van der Waals surface area contributed by atoms with E-state index in [9.17, 15) is 14.0 Å². The number of pyridine rings is 2. The number of carbonyl (C=O) groups is 2. The van der Waals surface area contributed by atoms with Crippen molar-refractivity contribution >= 4 is 29.1 Å². The Morgan fingerprint density at radius 3 is 2.29 bits per heavy atom. The molecule has 1 aromatic carbocycles. The average Bonchev–Trinajstić information content (AvgIpc) is 3.18. The number of rotatable bonds is 4. The van der Waals surface area contributed by atoms with E-state index in [1.165, 1.54) is 7.11 Å². The standard InChI is InChI=1S/C32H38FN5O3/c1-19-9-10-22(16-23(19)33)37-17-31(4,5)28-25(37)12-11-24(35-28)29(39)38-14-13-36(18-32(38,6)7)26-15-20(2)27(21(3)34-26)30(40)41-8/h9-12,15-16H,13-14,17-18H2,1-8H3. The fourth-order valence-corrected chi connectivity index (χ4v) is 6.07. The molecule has 0 bridgehead atoms. The molecule has 0 unspecified atom stereocenters. The topological polar surface area (TPSA) is 78.9 Å². The number of hydrogen-bond acceptors (Lipinski definition) is 7. The molecule has 216 valence electrons. The number of esters is 1. The summed E-state index contributed by atoms with van der Waals surface area (Å²) in [4.78, 5) is 41.8. The highest BCUT2D eigenvalue weighted by Gasteiger charge is 2.41. The zero-order valence-corrected chi connectivity index (χ0v) is 25.1.